The van der Waals surface area contributed by atoms with Crippen LogP contribution in [0, 0.1) is 0 Å². The topological polar surface area (TPSA) is 54.8 Å². The van der Waals surface area contributed by atoms with Gasteiger partial charge in [0.2, 0.25) is 5.91 Å². The second-order valence-corrected chi connectivity index (χ2v) is 7.74. The van der Waals surface area contributed by atoms with E-state index in [2.05, 4.69) is 0 Å². The molecule has 1 fully saturated rings. The number of carbonyl (C=O) groups excluding carboxylic acids is 2. The second kappa shape index (κ2) is 9.63. The molecule has 0 saturated heterocycles. The highest BCUT2D eigenvalue weighted by Gasteiger charge is 2.34. The Morgan fingerprint density at radius 1 is 1.14 bits per heavy atom. The highest BCUT2D eigenvalue weighted by molar-refractivity contribution is 5.86. The zero-order valence-corrected chi connectivity index (χ0v) is 17.6. The first-order valence-electron chi connectivity index (χ1n) is 10.4. The molecule has 2 aromatic rings. The first kappa shape index (κ1) is 21.0. The van der Waals surface area contributed by atoms with E-state index in [1.807, 2.05) is 79.0 Å². The van der Waals surface area contributed by atoms with E-state index >= 15 is 0 Å². The Labute approximate surface area is 173 Å². The number of aromatic nitrogens is 1. The largest absolute Gasteiger partial charge is 0.484 e. The van der Waals surface area contributed by atoms with E-state index in [1.54, 1.807) is 4.90 Å². The van der Waals surface area contributed by atoms with Crippen molar-refractivity contribution in [2.45, 2.75) is 51.7 Å². The van der Waals surface area contributed by atoms with Crippen molar-refractivity contribution in [2.24, 2.45) is 7.05 Å². The number of nitrogens with zero attached hydrogens (tertiary/aromatic N) is 3. The van der Waals surface area contributed by atoms with Crippen molar-refractivity contribution in [3.8, 4) is 5.75 Å². The third-order valence-corrected chi connectivity index (χ3v) is 5.55. The molecule has 156 valence electrons. The summed E-state index contributed by atoms with van der Waals surface area (Å²) in [6, 6.07) is 13.6. The molecule has 6 nitrogen and oxygen atoms in total. The van der Waals surface area contributed by atoms with Crippen LogP contribution in [0.5, 0.6) is 5.75 Å². The van der Waals surface area contributed by atoms with E-state index in [1.165, 1.54) is 0 Å². The van der Waals surface area contributed by atoms with E-state index in [9.17, 15) is 9.59 Å². The smallest absolute Gasteiger partial charge is 0.261 e. The maximum atomic E-state index is 13.2. The Balaban J connectivity index is 1.65. The normalized spacial score (nSPS) is 14.3. The number of benzene rings is 1. The van der Waals surface area contributed by atoms with Crippen LogP contribution in [-0.4, -0.2) is 51.4 Å². The van der Waals surface area contributed by atoms with Crippen LogP contribution in [-0.2, 0) is 23.2 Å². The van der Waals surface area contributed by atoms with Crippen molar-refractivity contribution in [1.82, 2.24) is 14.4 Å². The number of aryl methyl sites for hydroxylation is 1. The number of rotatable bonds is 10. The summed E-state index contributed by atoms with van der Waals surface area (Å²) in [5.74, 6) is 0.493. The van der Waals surface area contributed by atoms with Crippen molar-refractivity contribution in [3.05, 3.63) is 54.4 Å². The van der Waals surface area contributed by atoms with Crippen molar-refractivity contribution in [3.63, 3.8) is 0 Å². The van der Waals surface area contributed by atoms with E-state index in [0.29, 0.717) is 12.3 Å². The standard InChI is InChI=1S/C23H31N3O3/c1-4-18(2)25(23(28)17-29-21-10-6-5-7-11-21)16-22(27)26(19-12-13-19)15-20-9-8-14-24(20)3/h5-11,14,18-19H,4,12-13,15-17H2,1-3H3. The molecular formula is C23H31N3O3. The molecule has 29 heavy (non-hydrogen) atoms. The minimum Gasteiger partial charge on any atom is -0.484 e. The van der Waals surface area contributed by atoms with Crippen LogP contribution < -0.4 is 4.74 Å². The SMILES string of the molecule is CCC(C)N(CC(=O)N(Cc1cccn1C)C1CC1)C(=O)COc1ccccc1. The van der Waals surface area contributed by atoms with Crippen LogP contribution in [0.4, 0.5) is 0 Å². The maximum absolute atomic E-state index is 13.2. The van der Waals surface area contributed by atoms with Gasteiger partial charge in [0.1, 0.15) is 12.3 Å². The van der Waals surface area contributed by atoms with Gasteiger partial charge in [0, 0.05) is 31.0 Å². The third kappa shape index (κ3) is 5.62. The molecule has 2 amide bonds. The Morgan fingerprint density at radius 3 is 2.45 bits per heavy atom. The van der Waals surface area contributed by atoms with Gasteiger partial charge in [-0.05, 0) is 50.5 Å². The second-order valence-electron chi connectivity index (χ2n) is 7.74. The first-order valence-corrected chi connectivity index (χ1v) is 10.4. The predicted molar refractivity (Wildman–Crippen MR) is 112 cm³/mol. The average Bonchev–Trinajstić information content (AvgIpc) is 3.50. The number of amides is 2. The first-order chi connectivity index (χ1) is 14.0. The van der Waals surface area contributed by atoms with Gasteiger partial charge in [-0.2, -0.15) is 0 Å². The van der Waals surface area contributed by atoms with Gasteiger partial charge >= 0.3 is 0 Å². The van der Waals surface area contributed by atoms with Crippen LogP contribution in [0.25, 0.3) is 0 Å². The quantitative estimate of drug-likeness (QED) is 0.619. The summed E-state index contributed by atoms with van der Waals surface area (Å²) in [5, 5.41) is 0. The van der Waals surface area contributed by atoms with Crippen LogP contribution in [0.15, 0.2) is 48.7 Å². The molecule has 0 bridgehead atoms. The molecule has 0 spiro atoms. The summed E-state index contributed by atoms with van der Waals surface area (Å²) in [4.78, 5) is 29.6. The average molecular weight is 398 g/mol. The zero-order chi connectivity index (χ0) is 20.8. The van der Waals surface area contributed by atoms with E-state index < -0.39 is 0 Å². The van der Waals surface area contributed by atoms with Gasteiger partial charge in [0.25, 0.3) is 5.91 Å². The molecule has 6 heteroatoms. The molecule has 3 rings (SSSR count). The summed E-state index contributed by atoms with van der Waals surface area (Å²) < 4.78 is 7.66. The highest BCUT2D eigenvalue weighted by Crippen LogP contribution is 2.29. The summed E-state index contributed by atoms with van der Waals surface area (Å²) in [5.41, 5.74) is 1.10. The molecule has 1 aromatic heterocycles. The Bertz CT molecular complexity index is 814. The number of para-hydroxylation sites is 1. The van der Waals surface area contributed by atoms with Crippen molar-refractivity contribution in [2.75, 3.05) is 13.2 Å². The monoisotopic (exact) mass is 397 g/mol. The van der Waals surface area contributed by atoms with Gasteiger partial charge in [-0.25, -0.2) is 0 Å². The van der Waals surface area contributed by atoms with Crippen molar-refractivity contribution in [1.29, 1.82) is 0 Å². The lowest BCUT2D eigenvalue weighted by atomic mass is 10.2. The number of carbonyl (C=O) groups is 2. The number of ether oxygens (including phenoxy) is 1. The summed E-state index contributed by atoms with van der Waals surface area (Å²) in [6.07, 6.45) is 4.83. The van der Waals surface area contributed by atoms with Crippen LogP contribution in [0.2, 0.25) is 0 Å². The summed E-state index contributed by atoms with van der Waals surface area (Å²) in [7, 11) is 1.99. The number of hydrogen-bond donors (Lipinski definition) is 0. The molecule has 1 unspecified atom stereocenters. The molecular weight excluding hydrogens is 366 g/mol. The minimum absolute atomic E-state index is 0.00191. The van der Waals surface area contributed by atoms with Crippen LogP contribution in [0.1, 0.15) is 38.8 Å². The molecule has 0 N–H and O–H groups in total. The zero-order valence-electron chi connectivity index (χ0n) is 17.6. The maximum Gasteiger partial charge on any atom is 0.261 e. The molecule has 0 radical (unpaired) electrons. The fourth-order valence-electron chi connectivity index (χ4n) is 3.33. The summed E-state index contributed by atoms with van der Waals surface area (Å²) in [6.45, 7) is 4.61. The lowest BCUT2D eigenvalue weighted by molar-refractivity contribution is -0.144. The van der Waals surface area contributed by atoms with Gasteiger partial charge in [-0.15, -0.1) is 0 Å². The fraction of sp³-hybridized carbons (Fsp3) is 0.478. The van der Waals surface area contributed by atoms with Crippen LogP contribution >= 0.6 is 0 Å². The third-order valence-electron chi connectivity index (χ3n) is 5.55. The molecule has 1 atom stereocenters. The van der Waals surface area contributed by atoms with Gasteiger partial charge in [0.05, 0.1) is 6.54 Å². The lowest BCUT2D eigenvalue weighted by Crippen LogP contribution is -2.48. The molecule has 1 aliphatic rings. The fourth-order valence-corrected chi connectivity index (χ4v) is 3.33. The highest BCUT2D eigenvalue weighted by atomic mass is 16.5. The summed E-state index contributed by atoms with van der Waals surface area (Å²) >= 11 is 0. The molecule has 1 aliphatic carbocycles. The molecule has 0 aliphatic heterocycles. The number of hydrogen-bond acceptors (Lipinski definition) is 3. The Kier molecular flexibility index (Phi) is 6.96. The van der Waals surface area contributed by atoms with Crippen LogP contribution in [0.3, 0.4) is 0 Å². The lowest BCUT2D eigenvalue weighted by Gasteiger charge is -2.31. The molecule has 1 heterocycles. The molecule has 1 saturated carbocycles. The van der Waals surface area contributed by atoms with Gasteiger partial charge in [0.15, 0.2) is 6.61 Å². The van der Waals surface area contributed by atoms with Gasteiger partial charge < -0.3 is 19.1 Å². The van der Waals surface area contributed by atoms with E-state index in [-0.39, 0.29) is 37.0 Å². The molecule has 1 aromatic carbocycles. The van der Waals surface area contributed by atoms with Gasteiger partial charge in [-0.1, -0.05) is 25.1 Å². The Hall–Kier alpha value is -2.76. The van der Waals surface area contributed by atoms with E-state index in [0.717, 1.165) is 25.0 Å². The minimum atomic E-state index is -0.161. The van der Waals surface area contributed by atoms with Gasteiger partial charge in [-0.3, -0.25) is 9.59 Å². The van der Waals surface area contributed by atoms with Crippen molar-refractivity contribution >= 4 is 11.8 Å². The van der Waals surface area contributed by atoms with E-state index in [4.69, 9.17) is 4.74 Å². The van der Waals surface area contributed by atoms with Crippen molar-refractivity contribution < 1.29 is 14.3 Å². The predicted octanol–water partition coefficient (Wildman–Crippen LogP) is 3.22. The Morgan fingerprint density at radius 2 is 1.86 bits per heavy atom.